The summed E-state index contributed by atoms with van der Waals surface area (Å²) in [4.78, 5) is 131. The van der Waals surface area contributed by atoms with E-state index in [1.807, 2.05) is 91.0 Å². The van der Waals surface area contributed by atoms with Crippen LogP contribution in [-0.2, 0) is 83.2 Å². The topological polar surface area (TPSA) is 481 Å². The molecule has 0 saturated heterocycles. The van der Waals surface area contributed by atoms with Crippen molar-refractivity contribution in [3.05, 3.63) is 227 Å². The Morgan fingerprint density at radius 2 is 0.862 bits per heavy atom. The third-order valence-corrected chi connectivity index (χ3v) is 13.4. The fraction of sp³-hybridized carbons (Fsp3) is 0.307. The molecule has 0 bridgehead atoms. The number of carbonyl (C=O) groups is 7. The molecule has 0 radical (unpaired) electrons. The number of halogens is 1. The lowest BCUT2D eigenvalue weighted by Crippen LogP contribution is -2.27. The Morgan fingerprint density at radius 1 is 0.477 bits per heavy atom. The SMILES string of the molecule is C.C.C.C.C.CCOC(=O)C(C(=O)OCC)c1ccnc(N)c1[N+](=O)[O-].CCOC(=O)CC(=O)OCC.CCOC(=O)Cc1ccnc(N)c1[N+](=O)[O-].CCOC(=O)Cc1ccnc2nc(-c3ccc(OCc4ccccc4)cc3)[nH]c12.Nc1nccc(Cl)c1[N+](=O)[O-].O=Cc1ccc(OCc2ccccc2)cc1. The molecule has 9 aromatic rings. The zero-order valence-corrected chi connectivity index (χ0v) is 58.0. The number of nitrogens with one attached hydrogen (secondary N) is 1. The third-order valence-electron chi connectivity index (χ3n) is 13.1. The molecular formula is C75H95ClN12O21. The summed E-state index contributed by atoms with van der Waals surface area (Å²) >= 11 is 5.46. The number of aromatic nitrogens is 6. The van der Waals surface area contributed by atoms with Gasteiger partial charge in [0.15, 0.2) is 11.6 Å². The lowest BCUT2D eigenvalue weighted by Gasteiger charge is -2.15. The van der Waals surface area contributed by atoms with Crippen LogP contribution in [0.1, 0.15) is 129 Å². The lowest BCUT2D eigenvalue weighted by atomic mass is 9.98. The van der Waals surface area contributed by atoms with Crippen LogP contribution in [0.15, 0.2) is 158 Å². The van der Waals surface area contributed by atoms with Gasteiger partial charge in [-0.05, 0) is 131 Å². The molecule has 5 aromatic heterocycles. The van der Waals surface area contributed by atoms with E-state index in [1.54, 1.807) is 72.0 Å². The Bertz CT molecular complexity index is 4260. The molecule has 0 aliphatic carbocycles. The van der Waals surface area contributed by atoms with Gasteiger partial charge >= 0.3 is 52.9 Å². The summed E-state index contributed by atoms with van der Waals surface area (Å²) in [6, 6.07) is 40.5. The number of H-pyrrole nitrogens is 1. The molecule has 9 rings (SSSR count). The first kappa shape index (κ1) is 98.0. The minimum atomic E-state index is -1.57. The molecule has 34 heteroatoms. The summed E-state index contributed by atoms with van der Waals surface area (Å²) in [7, 11) is 0. The smallest absolute Gasteiger partial charge is 0.329 e. The molecule has 33 nitrogen and oxygen atoms in total. The number of nitrogens with two attached hydrogens (primary N) is 3. The Hall–Kier alpha value is -13.1. The van der Waals surface area contributed by atoms with E-state index in [2.05, 4.69) is 39.4 Å². The summed E-state index contributed by atoms with van der Waals surface area (Å²) in [5, 5.41) is 32.1. The number of esters is 6. The maximum absolute atomic E-state index is 11.9. The average Bonchev–Trinajstić information content (AvgIpc) is 1.48. The van der Waals surface area contributed by atoms with Gasteiger partial charge in [0.25, 0.3) is 0 Å². The van der Waals surface area contributed by atoms with E-state index < -0.39 is 62.0 Å². The van der Waals surface area contributed by atoms with Crippen LogP contribution >= 0.6 is 11.6 Å². The van der Waals surface area contributed by atoms with Gasteiger partial charge in [-0.1, -0.05) is 109 Å². The number of benzene rings is 4. The molecular weight excluding hydrogens is 1440 g/mol. The Kier molecular flexibility index (Phi) is 47.5. The molecule has 7 N–H and O–H groups in total. The van der Waals surface area contributed by atoms with E-state index in [0.717, 1.165) is 45.6 Å². The number of rotatable bonds is 26. The van der Waals surface area contributed by atoms with Crippen molar-refractivity contribution < 1.29 is 86.2 Å². The fourth-order valence-corrected chi connectivity index (χ4v) is 8.79. The molecule has 0 amide bonds. The van der Waals surface area contributed by atoms with Gasteiger partial charge in [-0.25, -0.2) is 24.9 Å². The van der Waals surface area contributed by atoms with Gasteiger partial charge in [-0.15, -0.1) is 0 Å². The van der Waals surface area contributed by atoms with E-state index in [4.69, 9.17) is 57.2 Å². The van der Waals surface area contributed by atoms with Crippen LogP contribution in [0.3, 0.4) is 0 Å². The van der Waals surface area contributed by atoms with Crippen LogP contribution in [0.2, 0.25) is 5.02 Å². The van der Waals surface area contributed by atoms with Crippen molar-refractivity contribution in [3.63, 3.8) is 0 Å². The molecule has 0 aliphatic heterocycles. The van der Waals surface area contributed by atoms with E-state index >= 15 is 0 Å². The second-order valence-electron chi connectivity index (χ2n) is 20.3. The van der Waals surface area contributed by atoms with Crippen molar-refractivity contribution in [1.29, 1.82) is 0 Å². The maximum atomic E-state index is 11.9. The van der Waals surface area contributed by atoms with Crippen molar-refractivity contribution in [2.75, 3.05) is 56.8 Å². The minimum Gasteiger partial charge on any atom is -0.489 e. The predicted octanol–water partition coefficient (Wildman–Crippen LogP) is 13.8. The first-order valence-corrected chi connectivity index (χ1v) is 31.9. The number of nitrogens with zero attached hydrogens (tertiary/aromatic N) is 8. The number of ether oxygens (including phenoxy) is 8. The number of pyridine rings is 4. The van der Waals surface area contributed by atoms with E-state index in [0.29, 0.717) is 36.9 Å². The first-order chi connectivity index (χ1) is 49.9. The average molecular weight is 1540 g/mol. The number of hydrogen-bond acceptors (Lipinski definition) is 29. The van der Waals surface area contributed by atoms with Gasteiger partial charge in [-0.2, -0.15) is 0 Å². The van der Waals surface area contributed by atoms with E-state index in [1.165, 1.54) is 36.8 Å². The van der Waals surface area contributed by atoms with Gasteiger partial charge in [0.05, 0.1) is 78.3 Å². The summed E-state index contributed by atoms with van der Waals surface area (Å²) in [6.45, 7) is 12.2. The Labute approximate surface area is 636 Å². The van der Waals surface area contributed by atoms with Crippen LogP contribution in [0.25, 0.3) is 22.6 Å². The molecule has 0 unspecified atom stereocenters. The first-order valence-electron chi connectivity index (χ1n) is 31.5. The molecule has 4 aromatic carbocycles. The normalized spacial score (nSPS) is 9.58. The molecule has 0 saturated carbocycles. The van der Waals surface area contributed by atoms with Crippen LogP contribution in [0.5, 0.6) is 11.5 Å². The Balaban J connectivity index is 0. The van der Waals surface area contributed by atoms with Gasteiger partial charge in [-0.3, -0.25) is 63.9 Å². The third kappa shape index (κ3) is 33.3. The number of nitrogen functional groups attached to an aromatic ring is 3. The molecule has 0 fully saturated rings. The van der Waals surface area contributed by atoms with Crippen LogP contribution in [0, 0.1) is 30.3 Å². The zero-order chi connectivity index (χ0) is 76.5. The fourth-order valence-electron chi connectivity index (χ4n) is 8.57. The molecule has 0 spiro atoms. The number of aldehydes is 1. The number of nitro groups is 3. The van der Waals surface area contributed by atoms with Gasteiger partial charge in [0.2, 0.25) is 17.5 Å². The highest BCUT2D eigenvalue weighted by molar-refractivity contribution is 6.33. The number of carbonyl (C=O) groups excluding carboxylic acids is 7. The molecule has 5 heterocycles. The van der Waals surface area contributed by atoms with Crippen LogP contribution < -0.4 is 26.7 Å². The number of fused-ring (bicyclic) bond motifs is 1. The summed E-state index contributed by atoms with van der Waals surface area (Å²) in [6.07, 6.45) is 5.98. The molecule has 0 atom stereocenters. The predicted molar refractivity (Wildman–Crippen MR) is 412 cm³/mol. The van der Waals surface area contributed by atoms with Crippen molar-refractivity contribution in [2.24, 2.45) is 0 Å². The van der Waals surface area contributed by atoms with Crippen molar-refractivity contribution in [3.8, 4) is 22.9 Å². The second-order valence-corrected chi connectivity index (χ2v) is 20.7. The number of anilines is 3. The largest absolute Gasteiger partial charge is 0.489 e. The standard InChI is InChI=1S/C23H21N3O3.C14H12O2.C12H15N3O6.C9H11N3O4.C7H12O4.C5H4ClN3O2.5CH4/c1-2-28-20(27)14-18-12-13-24-23-21(18)25-22(26-23)17-8-10-19(11-9-17)29-15-16-6-4-3-5-7-16;15-10-12-6-8-14(9-7-12)16-11-13-4-2-1-3-5-13;1-3-20-11(16)8(12(17)21-4-2)7-5-6-14-10(13)9(7)15(18)19;1-2-16-7(13)5-6-3-4-11-9(10)8(6)12(14)15;1-3-10-6(8)5-7(9)11-4-2;6-3-1-2-8-5(7)4(3)9(10)11;;;;;/h3-13H,2,14-15H2,1H3,(H,24,25,26);1-10H,11H2;5-6,8H,3-4H2,1-2H3,(H2,13,14);3-4H,2,5H2,1H3,(H2,10,11);3-5H2,1-2H3;1-2H,(H2,7,8);5*1H4. The van der Waals surface area contributed by atoms with Crippen molar-refractivity contribution in [2.45, 2.75) is 117 Å². The number of hydrogen-bond donors (Lipinski definition) is 4. The number of imidazole rings is 1. The summed E-state index contributed by atoms with van der Waals surface area (Å²) < 4.78 is 39.7. The summed E-state index contributed by atoms with van der Waals surface area (Å²) in [5.41, 5.74) is 20.7. The van der Waals surface area contributed by atoms with Crippen LogP contribution in [0.4, 0.5) is 34.5 Å². The molecule has 109 heavy (non-hydrogen) atoms. The van der Waals surface area contributed by atoms with Gasteiger partial charge < -0.3 is 60.1 Å². The van der Waals surface area contributed by atoms with Gasteiger partial charge in [0.1, 0.15) is 48.3 Å². The quantitative estimate of drug-likeness (QED) is 0.00976. The van der Waals surface area contributed by atoms with Crippen molar-refractivity contribution in [1.82, 2.24) is 29.9 Å². The van der Waals surface area contributed by atoms with Gasteiger partial charge in [0, 0.05) is 41.5 Å². The van der Waals surface area contributed by atoms with E-state index in [-0.39, 0.29) is 135 Å². The molecule has 0 aliphatic rings. The second kappa shape index (κ2) is 52.8. The van der Waals surface area contributed by atoms with E-state index in [9.17, 15) is 63.9 Å². The van der Waals surface area contributed by atoms with Crippen LogP contribution in [-0.4, -0.2) is 126 Å². The zero-order valence-electron chi connectivity index (χ0n) is 57.2. The summed E-state index contributed by atoms with van der Waals surface area (Å²) in [5.74, 6) is -3.83. The molecule has 588 valence electrons. The maximum Gasteiger partial charge on any atom is 0.329 e. The highest BCUT2D eigenvalue weighted by Gasteiger charge is 2.38. The highest BCUT2D eigenvalue weighted by Crippen LogP contribution is 2.33. The highest BCUT2D eigenvalue weighted by atomic mass is 35.5. The monoisotopic (exact) mass is 1530 g/mol. The Morgan fingerprint density at radius 3 is 1.28 bits per heavy atom. The van der Waals surface area contributed by atoms with Crippen molar-refractivity contribution >= 4 is 99.4 Å². The lowest BCUT2D eigenvalue weighted by molar-refractivity contribution is -0.385. The minimum absolute atomic E-state index is 0. The number of aromatic amines is 1.